The summed E-state index contributed by atoms with van der Waals surface area (Å²) >= 11 is 0. The van der Waals surface area contributed by atoms with Gasteiger partial charge in [0.25, 0.3) is 5.56 Å². The maximum absolute atomic E-state index is 13.0. The van der Waals surface area contributed by atoms with E-state index in [1.54, 1.807) is 19.1 Å². The van der Waals surface area contributed by atoms with Gasteiger partial charge in [0.15, 0.2) is 0 Å². The van der Waals surface area contributed by atoms with Gasteiger partial charge in [-0.25, -0.2) is 4.98 Å². The Morgan fingerprint density at radius 2 is 2.00 bits per heavy atom. The number of aryl methyl sites for hydroxylation is 1. The van der Waals surface area contributed by atoms with Gasteiger partial charge in [0.05, 0.1) is 12.8 Å². The molecular formula is C20H21N3O4. The molecule has 0 aliphatic carbocycles. The molecule has 140 valence electrons. The second-order valence-corrected chi connectivity index (χ2v) is 6.09. The summed E-state index contributed by atoms with van der Waals surface area (Å²) in [7, 11) is 0. The Balaban J connectivity index is 1.94. The summed E-state index contributed by atoms with van der Waals surface area (Å²) in [6.45, 7) is 1.65. The first kappa shape index (κ1) is 18.6. The quantitative estimate of drug-likeness (QED) is 0.662. The van der Waals surface area contributed by atoms with E-state index in [9.17, 15) is 14.7 Å². The first-order chi connectivity index (χ1) is 13.1. The molecule has 0 unspecified atom stereocenters. The van der Waals surface area contributed by atoms with Gasteiger partial charge in [0.1, 0.15) is 18.1 Å². The Kier molecular flexibility index (Phi) is 5.83. The highest BCUT2D eigenvalue weighted by atomic mass is 16.3. The minimum absolute atomic E-state index is 0.160. The molecule has 0 saturated carbocycles. The SMILES string of the molecule is Cc1nc(-c2ccccc2)n(CC(=O)NCc2ccco2)c(=O)c1CCO. The van der Waals surface area contributed by atoms with Crippen molar-refractivity contribution >= 4 is 5.91 Å². The molecule has 27 heavy (non-hydrogen) atoms. The zero-order valence-corrected chi connectivity index (χ0v) is 15.0. The molecule has 1 amide bonds. The Morgan fingerprint density at radius 1 is 1.22 bits per heavy atom. The lowest BCUT2D eigenvalue weighted by atomic mass is 10.1. The van der Waals surface area contributed by atoms with Crippen molar-refractivity contribution < 1.29 is 14.3 Å². The normalized spacial score (nSPS) is 10.7. The van der Waals surface area contributed by atoms with Crippen LogP contribution in [0.15, 0.2) is 57.9 Å². The van der Waals surface area contributed by atoms with Gasteiger partial charge >= 0.3 is 0 Å². The average molecular weight is 367 g/mol. The van der Waals surface area contributed by atoms with Crippen molar-refractivity contribution in [1.29, 1.82) is 0 Å². The molecule has 0 radical (unpaired) electrons. The van der Waals surface area contributed by atoms with Crippen LogP contribution in [0, 0.1) is 6.92 Å². The minimum Gasteiger partial charge on any atom is -0.467 e. The van der Waals surface area contributed by atoms with Crippen molar-refractivity contribution in [2.24, 2.45) is 0 Å². The highest BCUT2D eigenvalue weighted by molar-refractivity contribution is 5.76. The van der Waals surface area contributed by atoms with Crippen LogP contribution < -0.4 is 10.9 Å². The summed E-state index contributed by atoms with van der Waals surface area (Å²) in [5.41, 5.74) is 1.40. The minimum atomic E-state index is -0.328. The largest absolute Gasteiger partial charge is 0.467 e. The average Bonchev–Trinajstić information content (AvgIpc) is 3.20. The van der Waals surface area contributed by atoms with E-state index in [-0.39, 0.29) is 37.6 Å². The van der Waals surface area contributed by atoms with Gasteiger partial charge in [-0.1, -0.05) is 30.3 Å². The maximum Gasteiger partial charge on any atom is 0.257 e. The van der Waals surface area contributed by atoms with Crippen LogP contribution in [0.25, 0.3) is 11.4 Å². The van der Waals surface area contributed by atoms with Crippen LogP contribution in [0.1, 0.15) is 17.0 Å². The summed E-state index contributed by atoms with van der Waals surface area (Å²) in [6.07, 6.45) is 1.73. The monoisotopic (exact) mass is 367 g/mol. The highest BCUT2D eigenvalue weighted by Gasteiger charge is 2.17. The van der Waals surface area contributed by atoms with Crippen LogP contribution >= 0.6 is 0 Å². The molecule has 0 fully saturated rings. The number of nitrogens with zero attached hydrogens (tertiary/aromatic N) is 2. The molecule has 7 nitrogen and oxygen atoms in total. The Hall–Kier alpha value is -3.19. The van der Waals surface area contributed by atoms with E-state index < -0.39 is 0 Å². The van der Waals surface area contributed by atoms with E-state index in [1.807, 2.05) is 30.3 Å². The smallest absolute Gasteiger partial charge is 0.257 e. The van der Waals surface area contributed by atoms with E-state index in [0.29, 0.717) is 22.8 Å². The van der Waals surface area contributed by atoms with E-state index >= 15 is 0 Å². The number of rotatable bonds is 7. The number of aromatic nitrogens is 2. The number of aliphatic hydroxyl groups excluding tert-OH is 1. The van der Waals surface area contributed by atoms with Crippen LogP contribution in [0.3, 0.4) is 0 Å². The number of hydrogen-bond acceptors (Lipinski definition) is 5. The number of carbonyl (C=O) groups excluding carboxylic acids is 1. The molecule has 0 saturated heterocycles. The molecule has 0 aliphatic heterocycles. The fraction of sp³-hybridized carbons (Fsp3) is 0.250. The summed E-state index contributed by atoms with van der Waals surface area (Å²) in [5.74, 6) is 0.723. The van der Waals surface area contributed by atoms with Gasteiger partial charge in [-0.05, 0) is 19.1 Å². The maximum atomic E-state index is 13.0. The number of benzene rings is 1. The first-order valence-electron chi connectivity index (χ1n) is 8.66. The fourth-order valence-electron chi connectivity index (χ4n) is 2.85. The molecule has 0 aliphatic rings. The lowest BCUT2D eigenvalue weighted by Crippen LogP contribution is -2.35. The Labute approximate surface area is 156 Å². The highest BCUT2D eigenvalue weighted by Crippen LogP contribution is 2.17. The molecule has 7 heteroatoms. The number of hydrogen-bond donors (Lipinski definition) is 2. The molecule has 2 heterocycles. The summed E-state index contributed by atoms with van der Waals surface area (Å²) in [5, 5.41) is 12.0. The summed E-state index contributed by atoms with van der Waals surface area (Å²) in [6, 6.07) is 12.7. The third-order valence-corrected chi connectivity index (χ3v) is 4.20. The molecule has 0 atom stereocenters. The second kappa shape index (κ2) is 8.46. The second-order valence-electron chi connectivity index (χ2n) is 6.09. The number of carbonyl (C=O) groups is 1. The van der Waals surface area contributed by atoms with Crippen LogP contribution in [-0.4, -0.2) is 27.2 Å². The molecule has 2 N–H and O–H groups in total. The predicted molar refractivity (Wildman–Crippen MR) is 100 cm³/mol. The third-order valence-electron chi connectivity index (χ3n) is 4.20. The standard InChI is InChI=1S/C20H21N3O4/c1-14-17(9-10-24)20(26)23(19(22-14)15-6-3-2-4-7-15)13-18(25)21-12-16-8-5-11-27-16/h2-8,11,24H,9-10,12-13H2,1H3,(H,21,25). The number of amides is 1. The van der Waals surface area contributed by atoms with Gasteiger partial charge < -0.3 is 14.8 Å². The first-order valence-corrected chi connectivity index (χ1v) is 8.66. The zero-order valence-electron chi connectivity index (χ0n) is 15.0. The van der Waals surface area contributed by atoms with Crippen LogP contribution in [-0.2, 0) is 24.3 Å². The van der Waals surface area contributed by atoms with Crippen LogP contribution in [0.5, 0.6) is 0 Å². The zero-order chi connectivity index (χ0) is 19.2. The molecule has 1 aromatic carbocycles. The van der Waals surface area contributed by atoms with Crippen LogP contribution in [0.2, 0.25) is 0 Å². The van der Waals surface area contributed by atoms with Crippen molar-refractivity contribution in [3.8, 4) is 11.4 Å². The molecule has 0 spiro atoms. The van der Waals surface area contributed by atoms with Gasteiger partial charge in [0, 0.05) is 29.8 Å². The van der Waals surface area contributed by atoms with Gasteiger partial charge in [0.2, 0.25) is 5.91 Å². The van der Waals surface area contributed by atoms with Crippen molar-refractivity contribution in [1.82, 2.24) is 14.9 Å². The molecule has 3 aromatic rings. The fourth-order valence-corrected chi connectivity index (χ4v) is 2.85. The molecule has 0 bridgehead atoms. The number of nitrogens with one attached hydrogen (secondary N) is 1. The molecular weight excluding hydrogens is 346 g/mol. The van der Waals surface area contributed by atoms with E-state index in [0.717, 1.165) is 5.56 Å². The van der Waals surface area contributed by atoms with Crippen LogP contribution in [0.4, 0.5) is 0 Å². The van der Waals surface area contributed by atoms with E-state index in [4.69, 9.17) is 4.42 Å². The van der Waals surface area contributed by atoms with Gasteiger partial charge in [-0.3, -0.25) is 14.2 Å². The molecule has 2 aromatic heterocycles. The molecule has 3 rings (SSSR count). The van der Waals surface area contributed by atoms with Crippen molar-refractivity contribution in [2.75, 3.05) is 6.61 Å². The Bertz CT molecular complexity index is 963. The summed E-state index contributed by atoms with van der Waals surface area (Å²) < 4.78 is 6.55. The summed E-state index contributed by atoms with van der Waals surface area (Å²) in [4.78, 5) is 29.9. The van der Waals surface area contributed by atoms with E-state index in [1.165, 1.54) is 10.8 Å². The Morgan fingerprint density at radius 3 is 2.67 bits per heavy atom. The predicted octanol–water partition coefficient (Wildman–Crippen LogP) is 1.66. The van der Waals surface area contributed by atoms with E-state index in [2.05, 4.69) is 10.3 Å². The van der Waals surface area contributed by atoms with Crippen molar-refractivity contribution in [3.63, 3.8) is 0 Å². The third kappa shape index (κ3) is 4.32. The lowest BCUT2D eigenvalue weighted by molar-refractivity contribution is -0.121. The van der Waals surface area contributed by atoms with Gasteiger partial charge in [-0.15, -0.1) is 0 Å². The topological polar surface area (TPSA) is 97.4 Å². The number of furan rings is 1. The number of aliphatic hydroxyl groups is 1. The van der Waals surface area contributed by atoms with Crippen molar-refractivity contribution in [2.45, 2.75) is 26.4 Å². The van der Waals surface area contributed by atoms with Gasteiger partial charge in [-0.2, -0.15) is 0 Å². The van der Waals surface area contributed by atoms with Crippen molar-refractivity contribution in [3.05, 3.63) is 76.1 Å². The lowest BCUT2D eigenvalue weighted by Gasteiger charge is -2.15.